The van der Waals surface area contributed by atoms with Gasteiger partial charge >= 0.3 is 0 Å². The van der Waals surface area contributed by atoms with Crippen molar-refractivity contribution in [2.45, 2.75) is 13.3 Å². The van der Waals surface area contributed by atoms with Gasteiger partial charge in [-0.3, -0.25) is 9.59 Å². The van der Waals surface area contributed by atoms with E-state index in [0.29, 0.717) is 38.2 Å². The van der Waals surface area contributed by atoms with Crippen molar-refractivity contribution in [2.24, 2.45) is 0 Å². The van der Waals surface area contributed by atoms with Gasteiger partial charge in [0.2, 0.25) is 5.91 Å². The zero-order chi connectivity index (χ0) is 17.8. The summed E-state index contributed by atoms with van der Waals surface area (Å²) in [5, 5.41) is 0. The zero-order valence-electron chi connectivity index (χ0n) is 14.6. The Labute approximate surface area is 147 Å². The van der Waals surface area contributed by atoms with Gasteiger partial charge in [0, 0.05) is 44.1 Å². The second-order valence-electron chi connectivity index (χ2n) is 6.25. The summed E-state index contributed by atoms with van der Waals surface area (Å²) in [5.74, 6) is 0.882. The molecule has 0 spiro atoms. The topological polar surface area (TPSA) is 65.6 Å². The highest BCUT2D eigenvalue weighted by Crippen LogP contribution is 2.20. The Morgan fingerprint density at radius 1 is 1.12 bits per heavy atom. The minimum Gasteiger partial charge on any atom is -0.496 e. The van der Waals surface area contributed by atoms with Gasteiger partial charge in [0.05, 0.1) is 13.5 Å². The van der Waals surface area contributed by atoms with E-state index in [4.69, 9.17) is 4.74 Å². The third-order valence-electron chi connectivity index (χ3n) is 4.58. The van der Waals surface area contributed by atoms with E-state index in [2.05, 4.69) is 4.98 Å². The quantitative estimate of drug-likeness (QED) is 0.923. The van der Waals surface area contributed by atoms with Crippen molar-refractivity contribution in [1.82, 2.24) is 14.8 Å². The molecule has 25 heavy (non-hydrogen) atoms. The minimum atomic E-state index is 0.00323. The highest BCUT2D eigenvalue weighted by atomic mass is 16.5. The number of benzene rings is 1. The number of ether oxygens (including phenoxy) is 1. The number of methoxy groups -OCH3 is 1. The van der Waals surface area contributed by atoms with E-state index in [1.165, 1.54) is 0 Å². The maximum Gasteiger partial charge on any atom is 0.253 e. The maximum atomic E-state index is 12.7. The maximum absolute atomic E-state index is 12.7. The number of nitrogens with one attached hydrogen (secondary N) is 1. The summed E-state index contributed by atoms with van der Waals surface area (Å²) in [6.07, 6.45) is 4.05. The summed E-state index contributed by atoms with van der Waals surface area (Å²) in [6, 6.07) is 7.37. The Morgan fingerprint density at radius 2 is 1.84 bits per heavy atom. The number of carbonyl (C=O) groups is 2. The third kappa shape index (κ3) is 3.84. The number of hydrogen-bond acceptors (Lipinski definition) is 3. The van der Waals surface area contributed by atoms with Gasteiger partial charge in [0.1, 0.15) is 5.75 Å². The Bertz CT molecular complexity index is 747. The van der Waals surface area contributed by atoms with Gasteiger partial charge in [0.25, 0.3) is 5.91 Å². The van der Waals surface area contributed by atoms with Crippen LogP contribution in [0, 0.1) is 6.92 Å². The molecule has 1 aromatic heterocycles. The molecule has 1 aliphatic heterocycles. The lowest BCUT2D eigenvalue weighted by Gasteiger charge is -2.35. The largest absolute Gasteiger partial charge is 0.496 e. The first-order valence-corrected chi connectivity index (χ1v) is 8.42. The molecule has 2 aromatic rings. The molecule has 2 amide bonds. The van der Waals surface area contributed by atoms with Gasteiger partial charge in [-0.2, -0.15) is 0 Å². The van der Waals surface area contributed by atoms with E-state index in [1.807, 2.05) is 42.4 Å². The van der Waals surface area contributed by atoms with E-state index in [1.54, 1.807) is 18.1 Å². The third-order valence-corrected chi connectivity index (χ3v) is 4.58. The summed E-state index contributed by atoms with van der Waals surface area (Å²) in [7, 11) is 1.62. The second kappa shape index (κ2) is 7.42. The van der Waals surface area contributed by atoms with Gasteiger partial charge in [-0.15, -0.1) is 0 Å². The van der Waals surface area contributed by atoms with Crippen LogP contribution in [-0.4, -0.2) is 59.9 Å². The SMILES string of the molecule is COc1ccc(C(=O)N2CCN(C(=O)Cc3cc[nH]c3)CC2)cc1C. The Balaban J connectivity index is 1.57. The van der Waals surface area contributed by atoms with Gasteiger partial charge < -0.3 is 19.5 Å². The molecule has 6 heteroatoms. The van der Waals surface area contributed by atoms with Crippen LogP contribution >= 0.6 is 0 Å². The Hall–Kier alpha value is -2.76. The number of rotatable bonds is 4. The predicted molar refractivity (Wildman–Crippen MR) is 94.7 cm³/mol. The van der Waals surface area contributed by atoms with E-state index in [9.17, 15) is 9.59 Å². The highest BCUT2D eigenvalue weighted by Gasteiger charge is 2.25. The number of carbonyl (C=O) groups excluding carboxylic acids is 2. The van der Waals surface area contributed by atoms with Gasteiger partial charge in [0.15, 0.2) is 0 Å². The highest BCUT2D eigenvalue weighted by molar-refractivity contribution is 5.94. The molecule has 1 fully saturated rings. The van der Waals surface area contributed by atoms with Crippen molar-refractivity contribution in [2.75, 3.05) is 33.3 Å². The van der Waals surface area contributed by atoms with Crippen LogP contribution < -0.4 is 4.74 Å². The van der Waals surface area contributed by atoms with Crippen molar-refractivity contribution in [3.63, 3.8) is 0 Å². The van der Waals surface area contributed by atoms with E-state index >= 15 is 0 Å². The van der Waals surface area contributed by atoms with Crippen molar-refractivity contribution in [3.8, 4) is 5.75 Å². The van der Waals surface area contributed by atoms with Crippen molar-refractivity contribution in [3.05, 3.63) is 53.3 Å². The number of aromatic nitrogens is 1. The number of piperazine rings is 1. The van der Waals surface area contributed by atoms with Crippen LogP contribution in [0.2, 0.25) is 0 Å². The lowest BCUT2D eigenvalue weighted by molar-refractivity contribution is -0.131. The van der Waals surface area contributed by atoms with Crippen molar-refractivity contribution < 1.29 is 14.3 Å². The molecule has 1 aromatic carbocycles. The standard InChI is InChI=1S/C19H23N3O3/c1-14-11-16(3-4-17(14)25-2)19(24)22-9-7-21(8-10-22)18(23)12-15-5-6-20-13-15/h3-6,11,13,20H,7-10,12H2,1-2H3. The van der Waals surface area contributed by atoms with Crippen molar-refractivity contribution >= 4 is 11.8 Å². The number of aromatic amines is 1. The summed E-state index contributed by atoms with van der Waals surface area (Å²) in [6.45, 7) is 4.19. The molecule has 0 radical (unpaired) electrons. The molecule has 3 rings (SSSR count). The molecule has 2 heterocycles. The van der Waals surface area contributed by atoms with Crippen LogP contribution in [-0.2, 0) is 11.2 Å². The molecule has 0 saturated carbocycles. The molecule has 0 aliphatic carbocycles. The van der Waals surface area contributed by atoms with Crippen LogP contribution in [0.4, 0.5) is 0 Å². The molecular formula is C19H23N3O3. The molecule has 0 bridgehead atoms. The molecule has 1 saturated heterocycles. The van der Waals surface area contributed by atoms with E-state index in [-0.39, 0.29) is 11.8 Å². The fraction of sp³-hybridized carbons (Fsp3) is 0.368. The van der Waals surface area contributed by atoms with E-state index < -0.39 is 0 Å². The smallest absolute Gasteiger partial charge is 0.253 e. The number of amides is 2. The summed E-state index contributed by atoms with van der Waals surface area (Å²) >= 11 is 0. The molecular weight excluding hydrogens is 318 g/mol. The second-order valence-corrected chi connectivity index (χ2v) is 6.25. The lowest BCUT2D eigenvalue weighted by atomic mass is 10.1. The van der Waals surface area contributed by atoms with Gasteiger partial charge in [-0.05, 0) is 42.3 Å². The predicted octanol–water partition coefficient (Wildman–Crippen LogP) is 1.86. The fourth-order valence-corrected chi connectivity index (χ4v) is 3.11. The Kier molecular flexibility index (Phi) is 5.07. The first kappa shape index (κ1) is 17.1. The van der Waals surface area contributed by atoms with Crippen LogP contribution in [0.25, 0.3) is 0 Å². The Morgan fingerprint density at radius 3 is 2.44 bits per heavy atom. The molecule has 0 atom stereocenters. The van der Waals surface area contributed by atoms with Gasteiger partial charge in [-0.25, -0.2) is 0 Å². The van der Waals surface area contributed by atoms with Crippen LogP contribution in [0.15, 0.2) is 36.7 Å². The first-order chi connectivity index (χ1) is 12.1. The summed E-state index contributed by atoms with van der Waals surface area (Å²) in [4.78, 5) is 31.6. The molecule has 1 N–H and O–H groups in total. The average Bonchev–Trinajstić information content (AvgIpc) is 3.14. The molecule has 6 nitrogen and oxygen atoms in total. The fourth-order valence-electron chi connectivity index (χ4n) is 3.11. The van der Waals surface area contributed by atoms with Crippen LogP contribution in [0.3, 0.4) is 0 Å². The van der Waals surface area contributed by atoms with Crippen LogP contribution in [0.5, 0.6) is 5.75 Å². The number of aryl methyl sites for hydroxylation is 1. The summed E-state index contributed by atoms with van der Waals surface area (Å²) < 4.78 is 5.24. The molecule has 0 unspecified atom stereocenters. The lowest BCUT2D eigenvalue weighted by Crippen LogP contribution is -2.51. The minimum absolute atomic E-state index is 0.00323. The molecule has 1 aliphatic rings. The normalized spacial score (nSPS) is 14.5. The first-order valence-electron chi connectivity index (χ1n) is 8.42. The average molecular weight is 341 g/mol. The molecule has 132 valence electrons. The zero-order valence-corrected chi connectivity index (χ0v) is 14.6. The number of hydrogen-bond donors (Lipinski definition) is 1. The van der Waals surface area contributed by atoms with Crippen molar-refractivity contribution in [1.29, 1.82) is 0 Å². The summed E-state index contributed by atoms with van der Waals surface area (Å²) in [5.41, 5.74) is 2.58. The number of H-pyrrole nitrogens is 1. The monoisotopic (exact) mass is 341 g/mol. The van der Waals surface area contributed by atoms with E-state index in [0.717, 1.165) is 16.9 Å². The van der Waals surface area contributed by atoms with Crippen LogP contribution in [0.1, 0.15) is 21.5 Å². The number of nitrogens with zero attached hydrogens (tertiary/aromatic N) is 2. The van der Waals surface area contributed by atoms with Gasteiger partial charge in [-0.1, -0.05) is 0 Å².